The number of carbonyl (C=O) groups excluding carboxylic acids is 1. The zero-order valence-electron chi connectivity index (χ0n) is 12.5. The normalized spacial score (nSPS) is 14.3. The Labute approximate surface area is 137 Å². The quantitative estimate of drug-likeness (QED) is 0.748. The molecule has 0 aromatic heterocycles. The predicted molar refractivity (Wildman–Crippen MR) is 88.5 cm³/mol. The highest BCUT2D eigenvalue weighted by Crippen LogP contribution is 2.33. The molecular weight excluding hydrogens is 354 g/mol. The van der Waals surface area contributed by atoms with Crippen LogP contribution in [0, 0.1) is 5.92 Å². The van der Waals surface area contributed by atoms with E-state index in [0.717, 1.165) is 9.37 Å². The van der Waals surface area contributed by atoms with Gasteiger partial charge in [-0.2, -0.15) is 0 Å². The second kappa shape index (κ2) is 7.31. The first-order valence-electron chi connectivity index (χ1n) is 6.62. The molecule has 0 aliphatic heterocycles. The summed E-state index contributed by atoms with van der Waals surface area (Å²) in [6.07, 6.45) is 0. The number of amides is 1. The summed E-state index contributed by atoms with van der Waals surface area (Å²) in [7, 11) is 0. The highest BCUT2D eigenvalue weighted by atomic mass is 79.9. The van der Waals surface area contributed by atoms with Gasteiger partial charge in [0.15, 0.2) is 0 Å². The van der Waals surface area contributed by atoms with Crippen LogP contribution in [0.15, 0.2) is 33.6 Å². The monoisotopic (exact) mass is 373 g/mol. The van der Waals surface area contributed by atoms with Gasteiger partial charge in [0.05, 0.1) is 10.7 Å². The number of aliphatic carboxylic acids is 1. The summed E-state index contributed by atoms with van der Waals surface area (Å²) in [5.41, 5.74) is 0. The molecule has 0 aliphatic carbocycles. The third-order valence-electron chi connectivity index (χ3n) is 3.23. The fourth-order valence-corrected chi connectivity index (χ4v) is 2.84. The van der Waals surface area contributed by atoms with Crippen molar-refractivity contribution >= 4 is 39.6 Å². The van der Waals surface area contributed by atoms with Crippen molar-refractivity contribution in [3.8, 4) is 0 Å². The number of rotatable bonds is 6. The molecule has 1 aromatic carbocycles. The summed E-state index contributed by atoms with van der Waals surface area (Å²) < 4.78 is 0.304. The van der Waals surface area contributed by atoms with Crippen molar-refractivity contribution in [1.82, 2.24) is 5.32 Å². The maximum atomic E-state index is 12.3. The first kappa shape index (κ1) is 18.0. The molecule has 2 unspecified atom stereocenters. The number of carbonyl (C=O) groups is 2. The van der Waals surface area contributed by atoms with E-state index >= 15 is 0 Å². The molecular formula is C15H20BrNO3S. The van der Waals surface area contributed by atoms with E-state index in [4.69, 9.17) is 5.11 Å². The zero-order chi connectivity index (χ0) is 16.2. The van der Waals surface area contributed by atoms with Gasteiger partial charge >= 0.3 is 5.97 Å². The Kier molecular flexibility index (Phi) is 6.28. The molecule has 4 nitrogen and oxygen atoms in total. The maximum Gasteiger partial charge on any atom is 0.308 e. The van der Waals surface area contributed by atoms with Crippen molar-refractivity contribution in [2.75, 3.05) is 0 Å². The van der Waals surface area contributed by atoms with Crippen LogP contribution >= 0.6 is 27.7 Å². The van der Waals surface area contributed by atoms with Crippen molar-refractivity contribution in [1.29, 1.82) is 0 Å². The molecule has 1 amide bonds. The average Bonchev–Trinajstić information content (AvgIpc) is 2.39. The minimum absolute atomic E-state index is 0.170. The van der Waals surface area contributed by atoms with E-state index in [-0.39, 0.29) is 5.91 Å². The lowest BCUT2D eigenvalue weighted by molar-refractivity contribution is -0.142. The smallest absolute Gasteiger partial charge is 0.308 e. The lowest BCUT2D eigenvalue weighted by Crippen LogP contribution is -2.47. The molecule has 0 spiro atoms. The summed E-state index contributed by atoms with van der Waals surface area (Å²) >= 11 is 4.82. The molecule has 1 aromatic rings. The van der Waals surface area contributed by atoms with E-state index in [0.29, 0.717) is 0 Å². The molecule has 0 radical (unpaired) electrons. The van der Waals surface area contributed by atoms with Crippen molar-refractivity contribution in [2.45, 2.75) is 43.4 Å². The minimum Gasteiger partial charge on any atom is -0.481 e. The minimum atomic E-state index is -0.916. The average molecular weight is 374 g/mol. The number of nitrogens with one attached hydrogen (secondary N) is 1. The molecule has 0 saturated carbocycles. The Morgan fingerprint density at radius 1 is 1.24 bits per heavy atom. The van der Waals surface area contributed by atoms with Gasteiger partial charge in [0.2, 0.25) is 5.91 Å². The van der Waals surface area contributed by atoms with Gasteiger partial charge in [-0.05, 0) is 52.0 Å². The first-order valence-corrected chi connectivity index (χ1v) is 8.23. The molecule has 0 saturated heterocycles. The molecule has 0 aliphatic rings. The fraction of sp³-hybridized carbons (Fsp3) is 0.467. The van der Waals surface area contributed by atoms with Crippen LogP contribution < -0.4 is 5.32 Å². The number of hydrogen-bond acceptors (Lipinski definition) is 3. The maximum absolute atomic E-state index is 12.3. The Hall–Kier alpha value is -1.01. The van der Waals surface area contributed by atoms with Gasteiger partial charge in [0.1, 0.15) is 0 Å². The number of halogens is 1. The highest BCUT2D eigenvalue weighted by Gasteiger charge is 2.31. The van der Waals surface area contributed by atoms with Crippen molar-refractivity contribution in [2.24, 2.45) is 5.92 Å². The molecule has 0 heterocycles. The van der Waals surface area contributed by atoms with Gasteiger partial charge in [0, 0.05) is 15.4 Å². The zero-order valence-corrected chi connectivity index (χ0v) is 14.9. The number of thioether (sulfide) groups is 1. The summed E-state index contributed by atoms with van der Waals surface area (Å²) in [6.45, 7) is 6.94. The molecule has 116 valence electrons. The van der Waals surface area contributed by atoms with Gasteiger partial charge < -0.3 is 10.4 Å². The summed E-state index contributed by atoms with van der Waals surface area (Å²) in [5, 5.41) is 11.8. The Balaban J connectivity index is 2.70. The number of carboxylic acids is 1. The van der Waals surface area contributed by atoms with Crippen molar-refractivity contribution in [3.63, 3.8) is 0 Å². The SMILES string of the molecule is CC(NC(=O)C(C)(C)Sc1ccc(Br)cc1)C(C)C(=O)O. The second-order valence-electron chi connectivity index (χ2n) is 5.46. The number of carboxylic acid groups (broad SMARTS) is 1. The summed E-state index contributed by atoms with van der Waals surface area (Å²) in [5.74, 6) is -1.71. The van der Waals surface area contributed by atoms with Gasteiger partial charge in [-0.15, -0.1) is 11.8 Å². The van der Waals surface area contributed by atoms with E-state index < -0.39 is 22.7 Å². The molecule has 2 atom stereocenters. The van der Waals surface area contributed by atoms with Crippen LogP contribution in [0.1, 0.15) is 27.7 Å². The molecule has 21 heavy (non-hydrogen) atoms. The number of hydrogen-bond donors (Lipinski definition) is 2. The van der Waals surface area contributed by atoms with Gasteiger partial charge in [-0.25, -0.2) is 0 Å². The predicted octanol–water partition coefficient (Wildman–Crippen LogP) is 3.55. The van der Waals surface area contributed by atoms with Crippen LogP contribution in [0.25, 0.3) is 0 Å². The first-order chi connectivity index (χ1) is 9.63. The fourth-order valence-electron chi connectivity index (χ4n) is 1.56. The highest BCUT2D eigenvalue weighted by molar-refractivity contribution is 9.10. The van der Waals surface area contributed by atoms with E-state index in [1.165, 1.54) is 11.8 Å². The van der Waals surface area contributed by atoms with Crippen LogP contribution in [0.3, 0.4) is 0 Å². The lowest BCUT2D eigenvalue weighted by atomic mass is 10.0. The largest absolute Gasteiger partial charge is 0.481 e. The van der Waals surface area contributed by atoms with Crippen molar-refractivity contribution < 1.29 is 14.7 Å². The van der Waals surface area contributed by atoms with Gasteiger partial charge in [-0.1, -0.05) is 15.9 Å². The summed E-state index contributed by atoms with van der Waals surface area (Å²) in [6, 6.07) is 7.30. The topological polar surface area (TPSA) is 66.4 Å². The molecule has 6 heteroatoms. The number of benzene rings is 1. The Morgan fingerprint density at radius 3 is 2.24 bits per heavy atom. The van der Waals surface area contributed by atoms with E-state index in [2.05, 4.69) is 21.2 Å². The lowest BCUT2D eigenvalue weighted by Gasteiger charge is -2.27. The third kappa shape index (κ3) is 5.36. The van der Waals surface area contributed by atoms with E-state index in [1.807, 2.05) is 38.1 Å². The van der Waals surface area contributed by atoms with Crippen LogP contribution in [0.2, 0.25) is 0 Å². The van der Waals surface area contributed by atoms with Crippen LogP contribution in [-0.2, 0) is 9.59 Å². The van der Waals surface area contributed by atoms with Gasteiger partial charge in [0.25, 0.3) is 0 Å². The molecule has 2 N–H and O–H groups in total. The van der Waals surface area contributed by atoms with Crippen LogP contribution in [0.4, 0.5) is 0 Å². The van der Waals surface area contributed by atoms with Crippen LogP contribution in [0.5, 0.6) is 0 Å². The van der Waals surface area contributed by atoms with Crippen LogP contribution in [-0.4, -0.2) is 27.8 Å². The third-order valence-corrected chi connectivity index (χ3v) is 4.96. The van der Waals surface area contributed by atoms with Gasteiger partial charge in [-0.3, -0.25) is 9.59 Å². The summed E-state index contributed by atoms with van der Waals surface area (Å²) in [4.78, 5) is 24.3. The Morgan fingerprint density at radius 2 is 1.76 bits per heavy atom. The van der Waals surface area contributed by atoms with E-state index in [9.17, 15) is 9.59 Å². The molecule has 1 rings (SSSR count). The van der Waals surface area contributed by atoms with E-state index in [1.54, 1.807) is 13.8 Å². The second-order valence-corrected chi connectivity index (χ2v) is 8.07. The standard InChI is InChI=1S/C15H20BrNO3S/c1-9(13(18)19)10(2)17-14(20)15(3,4)21-12-7-5-11(16)6-8-12/h5-10H,1-4H3,(H,17,20)(H,18,19). The van der Waals surface area contributed by atoms with Crippen molar-refractivity contribution in [3.05, 3.63) is 28.7 Å². The molecule has 0 fully saturated rings. The Bertz CT molecular complexity index is 516. The molecule has 0 bridgehead atoms.